The van der Waals surface area contributed by atoms with Crippen LogP contribution in [0, 0.1) is 5.82 Å². The highest BCUT2D eigenvalue weighted by Crippen LogP contribution is 2.33. The third-order valence-electron chi connectivity index (χ3n) is 9.39. The minimum atomic E-state index is -1.46. The molecule has 2 aromatic carbocycles. The van der Waals surface area contributed by atoms with Gasteiger partial charge in [0.25, 0.3) is 0 Å². The maximum absolute atomic E-state index is 14.7. The molecule has 272 valence electrons. The molecule has 0 radical (unpaired) electrons. The van der Waals surface area contributed by atoms with Crippen molar-refractivity contribution in [1.29, 1.82) is 0 Å². The van der Waals surface area contributed by atoms with Crippen LogP contribution in [0.3, 0.4) is 0 Å². The summed E-state index contributed by atoms with van der Waals surface area (Å²) in [6.45, 7) is 5.76. The number of nitrogens with zero attached hydrogens (tertiary/aromatic N) is 1. The molecule has 50 heavy (non-hydrogen) atoms. The fourth-order valence-corrected chi connectivity index (χ4v) is 6.58. The number of carbonyl (C=O) groups excluding carboxylic acids is 1. The van der Waals surface area contributed by atoms with Gasteiger partial charge >= 0.3 is 0 Å². The van der Waals surface area contributed by atoms with Gasteiger partial charge in [-0.1, -0.05) is 6.07 Å². The van der Waals surface area contributed by atoms with Gasteiger partial charge in [0.05, 0.1) is 36.7 Å². The molecule has 2 aromatic rings. The number of nitrogens with one attached hydrogen (secondary N) is 1. The van der Waals surface area contributed by atoms with Gasteiger partial charge in [-0.3, -0.25) is 4.79 Å². The molecule has 1 aliphatic carbocycles. The summed E-state index contributed by atoms with van der Waals surface area (Å²) in [7, 11) is 0. The normalized spacial score (nSPS) is 31.7. The summed E-state index contributed by atoms with van der Waals surface area (Å²) in [5.74, 6) is -0.226. The van der Waals surface area contributed by atoms with Crippen molar-refractivity contribution >= 4 is 23.4 Å². The van der Waals surface area contributed by atoms with Crippen LogP contribution in [0.2, 0.25) is 0 Å². The third kappa shape index (κ3) is 7.90. The maximum atomic E-state index is 14.7. The van der Waals surface area contributed by atoms with Crippen molar-refractivity contribution in [3.63, 3.8) is 0 Å². The summed E-state index contributed by atoms with van der Waals surface area (Å²) in [5, 5.41) is 44.8. The molecule has 0 bridgehead atoms. The highest BCUT2D eigenvalue weighted by atomic mass is 19.1. The predicted molar refractivity (Wildman–Crippen MR) is 178 cm³/mol. The van der Waals surface area contributed by atoms with Crippen LogP contribution in [0.15, 0.2) is 53.6 Å². The molecule has 3 aliphatic heterocycles. The zero-order valence-electron chi connectivity index (χ0n) is 27.8. The van der Waals surface area contributed by atoms with Crippen molar-refractivity contribution in [3.8, 4) is 11.5 Å². The molecule has 7 N–H and O–H groups in total. The summed E-state index contributed by atoms with van der Waals surface area (Å²) >= 11 is 0. The van der Waals surface area contributed by atoms with Gasteiger partial charge in [-0.25, -0.2) is 4.39 Å². The second-order valence-corrected chi connectivity index (χ2v) is 12.9. The van der Waals surface area contributed by atoms with Crippen LogP contribution >= 0.6 is 0 Å². The van der Waals surface area contributed by atoms with Crippen LogP contribution in [-0.2, 0) is 23.7 Å². The van der Waals surface area contributed by atoms with E-state index in [1.54, 1.807) is 56.3 Å². The van der Waals surface area contributed by atoms with Gasteiger partial charge in [0.15, 0.2) is 0 Å². The van der Waals surface area contributed by atoms with Crippen LogP contribution in [0.5, 0.6) is 11.5 Å². The first kappa shape index (κ1) is 36.0. The largest absolute Gasteiger partial charge is 0.489 e. The third-order valence-corrected chi connectivity index (χ3v) is 9.39. The number of hydrogen-bond donors (Lipinski definition) is 6. The predicted octanol–water partition coefficient (Wildman–Crippen LogP) is 0.850. The van der Waals surface area contributed by atoms with Gasteiger partial charge < -0.3 is 64.8 Å². The number of amides is 1. The van der Waals surface area contributed by atoms with E-state index >= 15 is 0 Å². The van der Waals surface area contributed by atoms with Crippen LogP contribution in [0.25, 0.3) is 6.08 Å². The molecular weight excluding hydrogens is 657 g/mol. The lowest BCUT2D eigenvalue weighted by atomic mass is 9.83. The van der Waals surface area contributed by atoms with Gasteiger partial charge in [0.2, 0.25) is 12.2 Å². The zero-order valence-corrected chi connectivity index (χ0v) is 27.8. The molecule has 1 amide bonds. The molecule has 6 rings (SSSR count). The summed E-state index contributed by atoms with van der Waals surface area (Å²) in [6.07, 6.45) is -4.60. The molecule has 4 fully saturated rings. The fraction of sp³-hybridized carbons (Fsp3) is 0.514. The van der Waals surface area contributed by atoms with Crippen molar-refractivity contribution in [2.24, 2.45) is 0 Å². The van der Waals surface area contributed by atoms with E-state index in [2.05, 4.69) is 5.32 Å². The number of ether oxygens (including phenoxy) is 6. The number of halogens is 1. The number of nitrogen functional groups attached to an aromatic ring is 1. The van der Waals surface area contributed by atoms with Crippen LogP contribution in [-0.4, -0.2) is 121 Å². The number of benzene rings is 2. The van der Waals surface area contributed by atoms with Crippen molar-refractivity contribution in [1.82, 2.24) is 5.32 Å². The average molecular weight is 702 g/mol. The smallest absolute Gasteiger partial charge is 0.247 e. The van der Waals surface area contributed by atoms with Crippen molar-refractivity contribution in [2.45, 2.75) is 75.3 Å². The van der Waals surface area contributed by atoms with Crippen LogP contribution in [0.1, 0.15) is 25.8 Å². The van der Waals surface area contributed by atoms with Crippen molar-refractivity contribution < 1.29 is 58.0 Å². The number of carbonyl (C=O) groups is 1. The van der Waals surface area contributed by atoms with E-state index in [0.29, 0.717) is 49.1 Å². The molecule has 3 heterocycles. The standard InChI is InChI=1S/C35H44FN3O11/c1-18(7-10-46-21-4-5-24(22(36)15-21)39-8-11-45-12-9-39)32-25(40)16-27(50-32)49-26-6-3-20(14-23(26)37)13-19(2)35(44)38-28-29(41)31(43)34-33(30(28)42)47-17-48-34/h3-7,13-15,25,27-34,40-43H,8-12,16-17,37H2,1-2H3,(H,38,44)/t25-,27+,28+,29-,30+,31+,32+,33-,34+/m0/s1. The van der Waals surface area contributed by atoms with E-state index in [9.17, 15) is 29.6 Å². The molecule has 0 aromatic heterocycles. The molecule has 4 aliphatic rings. The number of rotatable bonds is 10. The number of anilines is 2. The summed E-state index contributed by atoms with van der Waals surface area (Å²) < 4.78 is 48.3. The number of nitrogens with two attached hydrogens (primary N) is 1. The second kappa shape index (κ2) is 15.6. The van der Waals surface area contributed by atoms with Crippen LogP contribution < -0.4 is 25.4 Å². The monoisotopic (exact) mass is 701 g/mol. The minimum absolute atomic E-state index is 0.131. The van der Waals surface area contributed by atoms with E-state index in [1.807, 2.05) is 4.90 Å². The van der Waals surface area contributed by atoms with E-state index in [4.69, 9.17) is 34.2 Å². The first-order valence-corrected chi connectivity index (χ1v) is 16.6. The van der Waals surface area contributed by atoms with Gasteiger partial charge in [-0.2, -0.15) is 0 Å². The Hall–Kier alpha value is -3.80. The molecular formula is C35H44FN3O11. The number of hydrogen-bond acceptors (Lipinski definition) is 13. The summed E-state index contributed by atoms with van der Waals surface area (Å²) in [6, 6.07) is 8.52. The Labute approximate surface area is 288 Å². The Morgan fingerprint density at radius 3 is 2.50 bits per heavy atom. The molecule has 14 nitrogen and oxygen atoms in total. The van der Waals surface area contributed by atoms with Gasteiger partial charge in [-0.15, -0.1) is 0 Å². The molecule has 1 saturated carbocycles. The van der Waals surface area contributed by atoms with E-state index in [-0.39, 0.29) is 36.9 Å². The first-order chi connectivity index (χ1) is 24.0. The zero-order chi connectivity index (χ0) is 35.5. The summed E-state index contributed by atoms with van der Waals surface area (Å²) in [5.41, 5.74) is 8.60. The highest BCUT2D eigenvalue weighted by Gasteiger charge is 2.53. The highest BCUT2D eigenvalue weighted by molar-refractivity contribution is 5.97. The molecule has 3 saturated heterocycles. The number of aliphatic hydroxyl groups excluding tert-OH is 4. The van der Waals surface area contributed by atoms with E-state index < -0.39 is 61.0 Å². The molecule has 0 unspecified atom stereocenters. The summed E-state index contributed by atoms with van der Waals surface area (Å²) in [4.78, 5) is 14.9. The average Bonchev–Trinajstić information content (AvgIpc) is 3.74. The quantitative estimate of drug-likeness (QED) is 0.116. The Bertz CT molecular complexity index is 1580. The van der Waals surface area contributed by atoms with Crippen molar-refractivity contribution in [3.05, 3.63) is 65.0 Å². The minimum Gasteiger partial charge on any atom is -0.489 e. The molecule has 0 spiro atoms. The first-order valence-electron chi connectivity index (χ1n) is 16.6. The lowest BCUT2D eigenvalue weighted by molar-refractivity contribution is -0.155. The lowest BCUT2D eigenvalue weighted by Gasteiger charge is -2.41. The Balaban J connectivity index is 1.00. The van der Waals surface area contributed by atoms with E-state index in [1.165, 1.54) is 6.07 Å². The maximum Gasteiger partial charge on any atom is 0.247 e. The van der Waals surface area contributed by atoms with Gasteiger partial charge in [0.1, 0.15) is 67.3 Å². The Morgan fingerprint density at radius 2 is 1.78 bits per heavy atom. The van der Waals surface area contributed by atoms with Crippen LogP contribution in [0.4, 0.5) is 15.8 Å². The molecule has 15 heteroatoms. The van der Waals surface area contributed by atoms with E-state index in [0.717, 1.165) is 5.57 Å². The number of aliphatic hydroxyl groups is 4. The molecule has 9 atom stereocenters. The Morgan fingerprint density at radius 1 is 1.04 bits per heavy atom. The number of fused-ring (bicyclic) bond motifs is 1. The SMILES string of the molecule is CC(=Cc1ccc(O[C@H]2C[C@H](O)[C@@H](C(C)=CCOc3ccc(N4CCOCC4)c(F)c3)O2)c(N)c1)C(=O)N[C@@H]1[C@H](O)[C@@H](O)[C@H]2OCO[C@H]2[C@@H]1O. The fourth-order valence-electron chi connectivity index (χ4n) is 6.58. The lowest BCUT2D eigenvalue weighted by Crippen LogP contribution is -2.67. The Kier molecular flexibility index (Phi) is 11.2. The van der Waals surface area contributed by atoms with Gasteiger partial charge in [0, 0.05) is 31.1 Å². The number of morpholine rings is 1. The topological polar surface area (TPSA) is 195 Å². The van der Waals surface area contributed by atoms with Gasteiger partial charge in [-0.05, 0) is 61.4 Å². The van der Waals surface area contributed by atoms with Crippen molar-refractivity contribution in [2.75, 3.05) is 50.3 Å². The second-order valence-electron chi connectivity index (χ2n) is 12.9.